The maximum Gasteiger partial charge on any atom is 0.0633 e. The van der Waals surface area contributed by atoms with Crippen molar-refractivity contribution in [2.24, 2.45) is 10.9 Å². The third-order valence-electron chi connectivity index (χ3n) is 3.04. The van der Waals surface area contributed by atoms with Gasteiger partial charge in [-0.05, 0) is 30.5 Å². The Morgan fingerprint density at radius 3 is 2.00 bits per heavy atom. The van der Waals surface area contributed by atoms with E-state index in [0.29, 0.717) is 5.92 Å². The van der Waals surface area contributed by atoms with Crippen molar-refractivity contribution in [3.05, 3.63) is 66.2 Å². The van der Waals surface area contributed by atoms with Gasteiger partial charge in [0.05, 0.1) is 11.4 Å². The van der Waals surface area contributed by atoms with Crippen LogP contribution in [0.3, 0.4) is 0 Å². The van der Waals surface area contributed by atoms with Gasteiger partial charge in [-0.15, -0.1) is 0 Å². The minimum absolute atomic E-state index is 0.664. The Kier molecular flexibility index (Phi) is 2.74. The molecule has 0 radical (unpaired) electrons. The molecule has 0 saturated heterocycles. The van der Waals surface area contributed by atoms with E-state index in [0.717, 1.165) is 5.69 Å². The zero-order valence-electron chi connectivity index (χ0n) is 9.71. The number of rotatable bonds is 3. The van der Waals surface area contributed by atoms with E-state index in [2.05, 4.69) is 42.5 Å². The van der Waals surface area contributed by atoms with Gasteiger partial charge in [0.2, 0.25) is 0 Å². The van der Waals surface area contributed by atoms with E-state index in [1.165, 1.54) is 24.1 Å². The van der Waals surface area contributed by atoms with Crippen molar-refractivity contribution in [3.63, 3.8) is 0 Å². The summed E-state index contributed by atoms with van der Waals surface area (Å²) >= 11 is 0. The Bertz CT molecular complexity index is 510. The van der Waals surface area contributed by atoms with Gasteiger partial charge in [0.1, 0.15) is 0 Å². The average molecular weight is 221 g/mol. The smallest absolute Gasteiger partial charge is 0.0633 e. The minimum Gasteiger partial charge on any atom is -0.253 e. The third kappa shape index (κ3) is 2.44. The van der Waals surface area contributed by atoms with E-state index in [1.54, 1.807) is 0 Å². The molecule has 84 valence electrons. The van der Waals surface area contributed by atoms with Crippen molar-refractivity contribution < 1.29 is 0 Å². The summed E-state index contributed by atoms with van der Waals surface area (Å²) in [6.45, 7) is 0. The largest absolute Gasteiger partial charge is 0.253 e. The molecule has 1 fully saturated rings. The van der Waals surface area contributed by atoms with Crippen LogP contribution >= 0.6 is 0 Å². The van der Waals surface area contributed by atoms with E-state index < -0.39 is 0 Å². The Morgan fingerprint density at radius 1 is 0.824 bits per heavy atom. The molecule has 1 aliphatic carbocycles. The van der Waals surface area contributed by atoms with Crippen molar-refractivity contribution in [1.29, 1.82) is 0 Å². The van der Waals surface area contributed by atoms with Gasteiger partial charge in [-0.2, -0.15) is 0 Å². The molecule has 1 aliphatic rings. The van der Waals surface area contributed by atoms with E-state index in [-0.39, 0.29) is 0 Å². The van der Waals surface area contributed by atoms with Crippen LogP contribution in [-0.2, 0) is 0 Å². The molecule has 2 aromatic carbocycles. The quantitative estimate of drug-likeness (QED) is 0.688. The summed E-state index contributed by atoms with van der Waals surface area (Å²) < 4.78 is 0. The summed E-state index contributed by atoms with van der Waals surface area (Å²) in [5.74, 6) is 0.664. The highest BCUT2D eigenvalue weighted by Gasteiger charge is 2.28. The maximum absolute atomic E-state index is 4.81. The zero-order chi connectivity index (χ0) is 11.5. The summed E-state index contributed by atoms with van der Waals surface area (Å²) in [6.07, 6.45) is 2.56. The molecule has 0 unspecified atom stereocenters. The van der Waals surface area contributed by atoms with Gasteiger partial charge >= 0.3 is 0 Å². The topological polar surface area (TPSA) is 12.4 Å². The molecule has 0 aromatic heterocycles. The number of aliphatic imine (C=N–C) groups is 1. The highest BCUT2D eigenvalue weighted by molar-refractivity contribution is 6.04. The van der Waals surface area contributed by atoms with Gasteiger partial charge in [-0.1, -0.05) is 48.5 Å². The van der Waals surface area contributed by atoms with E-state index in [1.807, 2.05) is 18.2 Å². The minimum atomic E-state index is 0.664. The number of benzene rings is 2. The molecule has 0 spiro atoms. The molecule has 3 rings (SSSR count). The SMILES string of the molecule is c1ccc(N=C(c2ccccc2)C2CC2)cc1. The Labute approximate surface area is 102 Å². The Hall–Kier alpha value is -1.89. The highest BCUT2D eigenvalue weighted by atomic mass is 14.8. The van der Waals surface area contributed by atoms with Crippen LogP contribution in [-0.4, -0.2) is 5.71 Å². The molecule has 17 heavy (non-hydrogen) atoms. The van der Waals surface area contributed by atoms with Crippen LogP contribution in [0.1, 0.15) is 18.4 Å². The fraction of sp³-hybridized carbons (Fsp3) is 0.188. The average Bonchev–Trinajstić information content (AvgIpc) is 3.23. The molecule has 0 N–H and O–H groups in total. The van der Waals surface area contributed by atoms with E-state index in [4.69, 9.17) is 4.99 Å². The molecule has 0 amide bonds. The molecule has 1 heteroatoms. The van der Waals surface area contributed by atoms with Crippen LogP contribution in [0, 0.1) is 5.92 Å². The van der Waals surface area contributed by atoms with Crippen molar-refractivity contribution in [2.45, 2.75) is 12.8 Å². The van der Waals surface area contributed by atoms with E-state index >= 15 is 0 Å². The predicted molar refractivity (Wildman–Crippen MR) is 71.8 cm³/mol. The fourth-order valence-electron chi connectivity index (χ4n) is 2.00. The first-order valence-electron chi connectivity index (χ1n) is 6.12. The van der Waals surface area contributed by atoms with Gasteiger partial charge < -0.3 is 0 Å². The lowest BCUT2D eigenvalue weighted by atomic mass is 10.1. The van der Waals surface area contributed by atoms with Crippen molar-refractivity contribution in [2.75, 3.05) is 0 Å². The lowest BCUT2D eigenvalue weighted by Gasteiger charge is -2.05. The van der Waals surface area contributed by atoms with Crippen LogP contribution < -0.4 is 0 Å². The number of para-hydroxylation sites is 1. The Balaban J connectivity index is 1.99. The number of nitrogens with zero attached hydrogens (tertiary/aromatic N) is 1. The lowest BCUT2D eigenvalue weighted by molar-refractivity contribution is 1.18. The molecule has 0 heterocycles. The molecule has 0 atom stereocenters. The van der Waals surface area contributed by atoms with Crippen molar-refractivity contribution >= 4 is 11.4 Å². The third-order valence-corrected chi connectivity index (χ3v) is 3.04. The van der Waals surface area contributed by atoms with Gasteiger partial charge in [-0.3, -0.25) is 4.99 Å². The highest BCUT2D eigenvalue weighted by Crippen LogP contribution is 2.34. The molecule has 2 aromatic rings. The van der Waals surface area contributed by atoms with Crippen LogP contribution in [0.2, 0.25) is 0 Å². The van der Waals surface area contributed by atoms with Gasteiger partial charge in [-0.25, -0.2) is 0 Å². The van der Waals surface area contributed by atoms with Crippen LogP contribution in [0.15, 0.2) is 65.7 Å². The lowest BCUT2D eigenvalue weighted by Crippen LogP contribution is -2.02. The van der Waals surface area contributed by atoms with Crippen molar-refractivity contribution in [3.8, 4) is 0 Å². The van der Waals surface area contributed by atoms with Crippen molar-refractivity contribution in [1.82, 2.24) is 0 Å². The summed E-state index contributed by atoms with van der Waals surface area (Å²) in [5, 5.41) is 0. The van der Waals surface area contributed by atoms with Crippen LogP contribution in [0.25, 0.3) is 0 Å². The monoisotopic (exact) mass is 221 g/mol. The molecule has 0 bridgehead atoms. The number of hydrogen-bond donors (Lipinski definition) is 0. The second kappa shape index (κ2) is 4.54. The molecular weight excluding hydrogens is 206 g/mol. The van der Waals surface area contributed by atoms with Gasteiger partial charge in [0.15, 0.2) is 0 Å². The molecule has 1 nitrogen and oxygen atoms in total. The second-order valence-electron chi connectivity index (χ2n) is 4.47. The fourth-order valence-corrected chi connectivity index (χ4v) is 2.00. The Morgan fingerprint density at radius 2 is 1.41 bits per heavy atom. The zero-order valence-corrected chi connectivity index (χ0v) is 9.71. The van der Waals surface area contributed by atoms with Crippen LogP contribution in [0.5, 0.6) is 0 Å². The molecule has 1 saturated carbocycles. The first kappa shape index (κ1) is 10.3. The van der Waals surface area contributed by atoms with Gasteiger partial charge in [0.25, 0.3) is 0 Å². The molecule has 0 aliphatic heterocycles. The maximum atomic E-state index is 4.81. The summed E-state index contributed by atoms with van der Waals surface area (Å²) in [4.78, 5) is 4.81. The van der Waals surface area contributed by atoms with E-state index in [9.17, 15) is 0 Å². The standard InChI is InChI=1S/C16H15N/c1-3-7-13(8-4-1)16(14-11-12-14)17-15-9-5-2-6-10-15/h1-10,14H,11-12H2. The first-order chi connectivity index (χ1) is 8.43. The summed E-state index contributed by atoms with van der Waals surface area (Å²) in [6, 6.07) is 20.7. The first-order valence-corrected chi connectivity index (χ1v) is 6.12. The second-order valence-corrected chi connectivity index (χ2v) is 4.47. The van der Waals surface area contributed by atoms with Gasteiger partial charge in [0, 0.05) is 5.92 Å². The predicted octanol–water partition coefficient (Wildman–Crippen LogP) is 4.22. The molecular formula is C16H15N. The van der Waals surface area contributed by atoms with Crippen LogP contribution in [0.4, 0.5) is 5.69 Å². The normalized spacial score (nSPS) is 15.9. The number of hydrogen-bond acceptors (Lipinski definition) is 1. The summed E-state index contributed by atoms with van der Waals surface area (Å²) in [5.41, 5.74) is 3.56. The summed E-state index contributed by atoms with van der Waals surface area (Å²) in [7, 11) is 0.